The Kier molecular flexibility index (Phi) is 60.4. The fourth-order valence-corrected chi connectivity index (χ4v) is 10.8. The molecule has 0 heterocycles. The quantitative estimate of drug-likeness (QED) is 0.0243. The number of hydrogen-bond donors (Lipinski definition) is 3. The summed E-state index contributed by atoms with van der Waals surface area (Å²) in [6, 6.07) is -0.850. The van der Waals surface area contributed by atoms with Crippen molar-refractivity contribution in [3.05, 3.63) is 85.1 Å². The first-order valence-corrected chi connectivity index (χ1v) is 36.0. The lowest BCUT2D eigenvalue weighted by Gasteiger charge is -2.25. The van der Waals surface area contributed by atoms with E-state index in [4.69, 9.17) is 9.05 Å². The van der Waals surface area contributed by atoms with Crippen LogP contribution in [0.5, 0.6) is 0 Å². The van der Waals surface area contributed by atoms with E-state index in [0.717, 1.165) is 77.0 Å². The SMILES string of the molecule is CC/C=C\C/C=C\C/C=C\C/C=C\C/C=C\C/C=C\CCCCCCCCCCCCCCCCCCCCC(=O)NC(COP(=O)(O)OCC[N+](C)(C)C)C(O)/C=C/CCCCCCCCCCCCCCCCCCCCCC. The van der Waals surface area contributed by atoms with Gasteiger partial charge in [0.25, 0.3) is 0 Å². The molecule has 0 radical (unpaired) electrons. The molecule has 3 unspecified atom stereocenters. The summed E-state index contributed by atoms with van der Waals surface area (Å²) in [5.74, 6) is -0.174. The Morgan fingerprint density at radius 2 is 0.741 bits per heavy atom. The molecular formula is C72H134N2O6P+. The third kappa shape index (κ3) is 65.1. The molecule has 0 aliphatic carbocycles. The topological polar surface area (TPSA) is 105 Å². The van der Waals surface area contributed by atoms with E-state index < -0.39 is 20.0 Å². The lowest BCUT2D eigenvalue weighted by atomic mass is 10.0. The highest BCUT2D eigenvalue weighted by molar-refractivity contribution is 7.47. The predicted molar refractivity (Wildman–Crippen MR) is 355 cm³/mol. The van der Waals surface area contributed by atoms with Crippen molar-refractivity contribution in [1.29, 1.82) is 0 Å². The van der Waals surface area contributed by atoms with Crippen molar-refractivity contribution < 1.29 is 32.9 Å². The molecule has 8 nitrogen and oxygen atoms in total. The smallest absolute Gasteiger partial charge is 0.387 e. The van der Waals surface area contributed by atoms with Crippen molar-refractivity contribution in [1.82, 2.24) is 5.32 Å². The molecule has 3 atom stereocenters. The molecule has 81 heavy (non-hydrogen) atoms. The average molecular weight is 1150 g/mol. The van der Waals surface area contributed by atoms with Crippen LogP contribution in [0, 0.1) is 0 Å². The third-order valence-corrected chi connectivity index (χ3v) is 16.4. The second kappa shape index (κ2) is 62.2. The molecule has 3 N–H and O–H groups in total. The molecule has 1 amide bonds. The summed E-state index contributed by atoms with van der Waals surface area (Å²) in [5.41, 5.74) is 0. The lowest BCUT2D eigenvalue weighted by molar-refractivity contribution is -0.870. The number of allylic oxidation sites excluding steroid dienone is 13. The van der Waals surface area contributed by atoms with Gasteiger partial charge >= 0.3 is 7.82 Å². The van der Waals surface area contributed by atoms with Crippen LogP contribution in [0.15, 0.2) is 85.1 Å². The molecule has 0 fully saturated rings. The highest BCUT2D eigenvalue weighted by atomic mass is 31.2. The number of unbranched alkanes of at least 4 members (excludes halogenated alkanes) is 38. The van der Waals surface area contributed by atoms with Gasteiger partial charge in [0.2, 0.25) is 5.91 Å². The highest BCUT2D eigenvalue weighted by Gasteiger charge is 2.28. The van der Waals surface area contributed by atoms with E-state index in [1.54, 1.807) is 6.08 Å². The molecule has 472 valence electrons. The minimum absolute atomic E-state index is 0.0608. The van der Waals surface area contributed by atoms with Gasteiger partial charge in [-0.25, -0.2) is 4.57 Å². The zero-order chi connectivity index (χ0) is 59.1. The van der Waals surface area contributed by atoms with Gasteiger partial charge in [-0.1, -0.05) is 324 Å². The van der Waals surface area contributed by atoms with Crippen molar-refractivity contribution in [2.75, 3.05) is 40.9 Å². The third-order valence-electron chi connectivity index (χ3n) is 15.4. The van der Waals surface area contributed by atoms with Crippen LogP contribution >= 0.6 is 7.82 Å². The molecule has 0 saturated heterocycles. The van der Waals surface area contributed by atoms with E-state index in [0.29, 0.717) is 17.4 Å². The average Bonchev–Trinajstić information content (AvgIpc) is 3.43. The Hall–Kier alpha value is -2.32. The number of aliphatic hydroxyl groups is 1. The van der Waals surface area contributed by atoms with Crippen LogP contribution in [0.25, 0.3) is 0 Å². The van der Waals surface area contributed by atoms with Gasteiger partial charge in [-0.05, 0) is 70.6 Å². The normalized spacial score (nSPS) is 14.2. The zero-order valence-electron chi connectivity index (χ0n) is 54.0. The fraction of sp³-hybridized carbons (Fsp3) is 0.792. The summed E-state index contributed by atoms with van der Waals surface area (Å²) in [4.78, 5) is 23.4. The van der Waals surface area contributed by atoms with E-state index in [2.05, 4.69) is 92.1 Å². The second-order valence-electron chi connectivity index (χ2n) is 24.5. The number of aliphatic hydroxyl groups excluding tert-OH is 1. The molecule has 0 aromatic heterocycles. The largest absolute Gasteiger partial charge is 0.472 e. The molecule has 0 rings (SSSR count). The number of carbonyl (C=O) groups excluding carboxylic acids is 1. The number of phosphoric acid groups is 1. The Balaban J connectivity index is 4.03. The van der Waals surface area contributed by atoms with Gasteiger partial charge in [0, 0.05) is 6.42 Å². The molecule has 9 heteroatoms. The Morgan fingerprint density at radius 1 is 0.432 bits per heavy atom. The number of likely N-dealkylation sites (N-methyl/N-ethyl adjacent to an activating group) is 1. The standard InChI is InChI=1S/C72H133N2O6P/c1-6-8-10-12-14-16-18-20-22-24-26-28-30-31-32-33-34-35-36-37-38-39-40-41-42-43-44-46-48-50-52-54-56-58-60-62-64-66-72(76)73-70(69-80-81(77,78)79-68-67-74(3,4)5)71(75)65-63-61-59-57-55-53-51-49-47-45-29-27-25-23-21-19-17-15-13-11-9-7-2/h8,10,14,16,20,22,26,28,31-32,34-35,63,65,70-71,75H,6-7,9,11-13,15,17-19,21,23-25,27,29-30,33,36-62,64,66-69H2,1-5H3,(H-,73,76,77,78)/p+1/b10-8-,16-14-,22-20-,28-26-,32-31-,35-34-,65-63+. The number of nitrogens with one attached hydrogen (secondary N) is 1. The zero-order valence-corrected chi connectivity index (χ0v) is 54.9. The second-order valence-corrected chi connectivity index (χ2v) is 26.0. The van der Waals surface area contributed by atoms with E-state index >= 15 is 0 Å². The van der Waals surface area contributed by atoms with Crippen LogP contribution in [0.2, 0.25) is 0 Å². The van der Waals surface area contributed by atoms with Gasteiger partial charge in [-0.3, -0.25) is 13.8 Å². The first-order valence-electron chi connectivity index (χ1n) is 34.5. The van der Waals surface area contributed by atoms with Gasteiger partial charge < -0.3 is 19.8 Å². The lowest BCUT2D eigenvalue weighted by Crippen LogP contribution is -2.45. The molecule has 0 aromatic rings. The van der Waals surface area contributed by atoms with Crippen LogP contribution < -0.4 is 5.32 Å². The molecule has 0 saturated carbocycles. The maximum absolute atomic E-state index is 13.0. The number of hydrogen-bond acceptors (Lipinski definition) is 5. The molecule has 0 aliphatic rings. The first kappa shape index (κ1) is 78.7. The molecule has 0 aromatic carbocycles. The first-order chi connectivity index (χ1) is 39.5. The van der Waals surface area contributed by atoms with E-state index in [9.17, 15) is 19.4 Å². The van der Waals surface area contributed by atoms with Crippen molar-refractivity contribution in [2.45, 2.75) is 328 Å². The van der Waals surface area contributed by atoms with Crippen molar-refractivity contribution in [3.63, 3.8) is 0 Å². The number of rotatable bonds is 63. The van der Waals surface area contributed by atoms with E-state index in [1.807, 2.05) is 27.2 Å². The summed E-state index contributed by atoms with van der Waals surface area (Å²) in [6.07, 6.45) is 88.6. The summed E-state index contributed by atoms with van der Waals surface area (Å²) in [7, 11) is 1.58. The number of carbonyl (C=O) groups is 1. The Labute approximate surface area is 503 Å². The number of nitrogens with zero attached hydrogens (tertiary/aromatic N) is 1. The fourth-order valence-electron chi connectivity index (χ4n) is 10.0. The van der Waals surface area contributed by atoms with Crippen molar-refractivity contribution in [2.24, 2.45) is 0 Å². The van der Waals surface area contributed by atoms with Gasteiger partial charge in [-0.2, -0.15) is 0 Å². The van der Waals surface area contributed by atoms with E-state index in [1.165, 1.54) is 218 Å². The maximum Gasteiger partial charge on any atom is 0.472 e. The van der Waals surface area contributed by atoms with Crippen LogP contribution in [0.1, 0.15) is 316 Å². The van der Waals surface area contributed by atoms with Crippen LogP contribution in [0.4, 0.5) is 0 Å². The maximum atomic E-state index is 13.0. The summed E-state index contributed by atoms with van der Waals surface area (Å²) in [5, 5.41) is 14.0. The monoisotopic (exact) mass is 1150 g/mol. The number of quaternary nitrogens is 1. The molecule has 0 aliphatic heterocycles. The predicted octanol–water partition coefficient (Wildman–Crippen LogP) is 21.9. The molecule has 0 bridgehead atoms. The minimum Gasteiger partial charge on any atom is -0.387 e. The van der Waals surface area contributed by atoms with Gasteiger partial charge in [0.1, 0.15) is 13.2 Å². The summed E-state index contributed by atoms with van der Waals surface area (Å²) >= 11 is 0. The van der Waals surface area contributed by atoms with E-state index in [-0.39, 0.29) is 19.1 Å². The van der Waals surface area contributed by atoms with Crippen LogP contribution in [-0.2, 0) is 18.4 Å². The summed E-state index contributed by atoms with van der Waals surface area (Å²) < 4.78 is 23.8. The van der Waals surface area contributed by atoms with Gasteiger partial charge in [0.15, 0.2) is 0 Å². The number of amides is 1. The minimum atomic E-state index is -4.35. The van der Waals surface area contributed by atoms with Gasteiger partial charge in [-0.15, -0.1) is 0 Å². The molecule has 0 spiro atoms. The van der Waals surface area contributed by atoms with Crippen molar-refractivity contribution >= 4 is 13.7 Å². The summed E-state index contributed by atoms with van der Waals surface area (Å²) in [6.45, 7) is 4.74. The van der Waals surface area contributed by atoms with Crippen LogP contribution in [0.3, 0.4) is 0 Å². The molecular weight excluding hydrogens is 1020 g/mol. The van der Waals surface area contributed by atoms with Crippen LogP contribution in [-0.4, -0.2) is 73.4 Å². The van der Waals surface area contributed by atoms with Gasteiger partial charge in [0.05, 0.1) is 39.9 Å². The highest BCUT2D eigenvalue weighted by Crippen LogP contribution is 2.43. The van der Waals surface area contributed by atoms with Crippen molar-refractivity contribution in [3.8, 4) is 0 Å². The Morgan fingerprint density at radius 3 is 1.09 bits per heavy atom. The number of phosphoric ester groups is 1. The Bertz CT molecular complexity index is 1600.